The summed E-state index contributed by atoms with van der Waals surface area (Å²) < 4.78 is 7.38. The largest absolute Gasteiger partial charge is 0.494 e. The molecule has 0 bridgehead atoms. The summed E-state index contributed by atoms with van der Waals surface area (Å²) in [4.78, 5) is 12.1. The van der Waals surface area contributed by atoms with Crippen molar-refractivity contribution in [3.05, 3.63) is 77.1 Å². The summed E-state index contributed by atoms with van der Waals surface area (Å²) in [7, 11) is 0. The predicted molar refractivity (Wildman–Crippen MR) is 116 cm³/mol. The fraction of sp³-hybridized carbons (Fsp3) is 0.333. The van der Waals surface area contributed by atoms with Gasteiger partial charge >= 0.3 is 0 Å². The van der Waals surface area contributed by atoms with Gasteiger partial charge < -0.3 is 10.1 Å². The minimum absolute atomic E-state index is 0.0816. The second kappa shape index (κ2) is 9.92. The zero-order chi connectivity index (χ0) is 20.6. The van der Waals surface area contributed by atoms with Gasteiger partial charge in [-0.15, -0.1) is 0 Å². The van der Waals surface area contributed by atoms with Gasteiger partial charge in [0.25, 0.3) is 0 Å². The second-order valence-electron chi connectivity index (χ2n) is 7.18. The smallest absolute Gasteiger partial charge is 0.220 e. The Morgan fingerprint density at radius 1 is 1.00 bits per heavy atom. The molecule has 1 amide bonds. The van der Waals surface area contributed by atoms with Crippen LogP contribution < -0.4 is 10.1 Å². The molecule has 0 fully saturated rings. The number of nitrogens with one attached hydrogen (secondary N) is 1. The van der Waals surface area contributed by atoms with Crippen LogP contribution in [0.1, 0.15) is 35.9 Å². The fourth-order valence-corrected chi connectivity index (χ4v) is 3.31. The van der Waals surface area contributed by atoms with Crippen molar-refractivity contribution >= 4 is 5.91 Å². The first-order valence-electron chi connectivity index (χ1n) is 10.2. The number of amides is 1. The molecule has 1 heterocycles. The third kappa shape index (κ3) is 5.95. The number of aryl methyl sites for hydroxylation is 3. The summed E-state index contributed by atoms with van der Waals surface area (Å²) in [6.07, 6.45) is 2.03. The van der Waals surface area contributed by atoms with Crippen LogP contribution >= 0.6 is 0 Å². The summed E-state index contributed by atoms with van der Waals surface area (Å²) in [6, 6.07) is 18.3. The molecule has 0 aliphatic carbocycles. The van der Waals surface area contributed by atoms with Crippen molar-refractivity contribution < 1.29 is 9.53 Å². The highest BCUT2D eigenvalue weighted by molar-refractivity contribution is 5.76. The second-order valence-corrected chi connectivity index (χ2v) is 7.18. The molecule has 0 unspecified atom stereocenters. The molecule has 1 aromatic heterocycles. The first-order chi connectivity index (χ1) is 14.0. The van der Waals surface area contributed by atoms with Crippen LogP contribution in [0.4, 0.5) is 0 Å². The van der Waals surface area contributed by atoms with Crippen LogP contribution in [-0.2, 0) is 17.6 Å². The highest BCUT2D eigenvalue weighted by Crippen LogP contribution is 2.14. The normalized spacial score (nSPS) is 10.7. The van der Waals surface area contributed by atoms with Crippen molar-refractivity contribution in [1.29, 1.82) is 0 Å². The van der Waals surface area contributed by atoms with E-state index in [0.29, 0.717) is 19.6 Å². The van der Waals surface area contributed by atoms with Crippen molar-refractivity contribution in [3.63, 3.8) is 0 Å². The van der Waals surface area contributed by atoms with E-state index in [9.17, 15) is 4.79 Å². The Morgan fingerprint density at radius 3 is 2.28 bits per heavy atom. The monoisotopic (exact) mass is 391 g/mol. The number of benzene rings is 2. The molecule has 152 valence electrons. The number of aromatic nitrogens is 2. The van der Waals surface area contributed by atoms with Crippen LogP contribution in [0.15, 0.2) is 54.6 Å². The maximum Gasteiger partial charge on any atom is 0.220 e. The number of hydrogen-bond acceptors (Lipinski definition) is 3. The average molecular weight is 392 g/mol. The SMILES string of the molecule is CCOc1ccc(CCC(=O)NCCc2ccc(-n3nc(C)cc3C)cc2)cc1. The highest BCUT2D eigenvalue weighted by Gasteiger charge is 2.05. The van der Waals surface area contributed by atoms with Gasteiger partial charge in [-0.2, -0.15) is 5.10 Å². The lowest BCUT2D eigenvalue weighted by Gasteiger charge is -2.08. The van der Waals surface area contributed by atoms with Gasteiger partial charge in [-0.25, -0.2) is 4.68 Å². The van der Waals surface area contributed by atoms with E-state index in [2.05, 4.69) is 47.7 Å². The Labute approximate surface area is 172 Å². The van der Waals surface area contributed by atoms with Crippen molar-refractivity contribution in [2.45, 2.75) is 40.0 Å². The molecular weight excluding hydrogens is 362 g/mol. The summed E-state index contributed by atoms with van der Waals surface area (Å²) in [5.41, 5.74) is 5.53. The standard InChI is InChI=1S/C24H29N3O2/c1-4-29-23-12-7-20(8-13-23)9-14-24(28)25-16-15-21-5-10-22(11-6-21)27-19(3)17-18(2)26-27/h5-8,10-13,17H,4,9,14-16H2,1-3H3,(H,25,28). The van der Waals surface area contributed by atoms with Gasteiger partial charge in [0.2, 0.25) is 5.91 Å². The van der Waals surface area contributed by atoms with E-state index < -0.39 is 0 Å². The maximum absolute atomic E-state index is 12.1. The van der Waals surface area contributed by atoms with Crippen molar-refractivity contribution in [1.82, 2.24) is 15.1 Å². The molecule has 0 saturated carbocycles. The summed E-state index contributed by atoms with van der Waals surface area (Å²) in [5, 5.41) is 7.52. The number of carbonyl (C=O) groups is 1. The molecule has 0 aliphatic heterocycles. The van der Waals surface area contributed by atoms with Gasteiger partial charge in [0.15, 0.2) is 0 Å². The van der Waals surface area contributed by atoms with E-state index in [4.69, 9.17) is 4.74 Å². The first kappa shape index (κ1) is 20.6. The summed E-state index contributed by atoms with van der Waals surface area (Å²) >= 11 is 0. The number of ether oxygens (including phenoxy) is 1. The van der Waals surface area contributed by atoms with Crippen LogP contribution in [0.25, 0.3) is 5.69 Å². The van der Waals surface area contributed by atoms with Gasteiger partial charge in [-0.1, -0.05) is 24.3 Å². The number of carbonyl (C=O) groups excluding carboxylic acids is 1. The van der Waals surface area contributed by atoms with Crippen molar-refractivity contribution in [3.8, 4) is 11.4 Å². The molecule has 3 rings (SSSR count). The van der Waals surface area contributed by atoms with E-state index in [1.165, 1.54) is 5.56 Å². The summed E-state index contributed by atoms with van der Waals surface area (Å²) in [5.74, 6) is 0.947. The Morgan fingerprint density at radius 2 is 1.66 bits per heavy atom. The van der Waals surface area contributed by atoms with E-state index in [0.717, 1.165) is 41.2 Å². The van der Waals surface area contributed by atoms with Crippen LogP contribution in [0.2, 0.25) is 0 Å². The van der Waals surface area contributed by atoms with Crippen LogP contribution in [0.5, 0.6) is 5.75 Å². The molecule has 0 atom stereocenters. The molecule has 2 aromatic carbocycles. The molecule has 0 radical (unpaired) electrons. The lowest BCUT2D eigenvalue weighted by molar-refractivity contribution is -0.121. The molecule has 3 aromatic rings. The maximum atomic E-state index is 12.1. The van der Waals surface area contributed by atoms with Gasteiger partial charge in [0, 0.05) is 18.7 Å². The van der Waals surface area contributed by atoms with E-state index in [1.54, 1.807) is 0 Å². The van der Waals surface area contributed by atoms with Gasteiger partial charge in [-0.3, -0.25) is 4.79 Å². The van der Waals surface area contributed by atoms with E-state index in [1.807, 2.05) is 42.8 Å². The van der Waals surface area contributed by atoms with Gasteiger partial charge in [0.1, 0.15) is 5.75 Å². The Balaban J connectivity index is 1.41. The molecule has 5 nitrogen and oxygen atoms in total. The van der Waals surface area contributed by atoms with E-state index in [-0.39, 0.29) is 5.91 Å². The Bertz CT molecular complexity index is 928. The number of hydrogen-bond donors (Lipinski definition) is 1. The Kier molecular flexibility index (Phi) is 7.06. The highest BCUT2D eigenvalue weighted by atomic mass is 16.5. The minimum atomic E-state index is 0.0816. The molecule has 0 saturated heterocycles. The zero-order valence-corrected chi connectivity index (χ0v) is 17.4. The number of nitrogens with zero attached hydrogens (tertiary/aromatic N) is 2. The minimum Gasteiger partial charge on any atom is -0.494 e. The molecule has 29 heavy (non-hydrogen) atoms. The number of rotatable bonds is 9. The topological polar surface area (TPSA) is 56.1 Å². The third-order valence-electron chi connectivity index (χ3n) is 4.80. The molecule has 1 N–H and O–H groups in total. The van der Waals surface area contributed by atoms with Gasteiger partial charge in [-0.05, 0) is 75.1 Å². The molecular formula is C24H29N3O2. The fourth-order valence-electron chi connectivity index (χ4n) is 3.31. The van der Waals surface area contributed by atoms with E-state index >= 15 is 0 Å². The lowest BCUT2D eigenvalue weighted by atomic mass is 10.1. The quantitative estimate of drug-likeness (QED) is 0.595. The zero-order valence-electron chi connectivity index (χ0n) is 17.4. The molecule has 0 aliphatic rings. The van der Waals surface area contributed by atoms with Crippen molar-refractivity contribution in [2.75, 3.05) is 13.2 Å². The third-order valence-corrected chi connectivity index (χ3v) is 4.80. The summed E-state index contributed by atoms with van der Waals surface area (Å²) in [6.45, 7) is 7.31. The predicted octanol–water partition coefficient (Wildman–Crippen LogP) is 4.18. The first-order valence-corrected chi connectivity index (χ1v) is 10.2. The van der Waals surface area contributed by atoms with Crippen molar-refractivity contribution in [2.24, 2.45) is 0 Å². The lowest BCUT2D eigenvalue weighted by Crippen LogP contribution is -2.25. The van der Waals surface area contributed by atoms with Gasteiger partial charge in [0.05, 0.1) is 18.0 Å². The van der Waals surface area contributed by atoms with Crippen LogP contribution in [-0.4, -0.2) is 28.8 Å². The molecule has 5 heteroatoms. The average Bonchev–Trinajstić information content (AvgIpc) is 3.06. The molecule has 0 spiro atoms. The van der Waals surface area contributed by atoms with Crippen LogP contribution in [0.3, 0.4) is 0 Å². The van der Waals surface area contributed by atoms with Crippen LogP contribution in [0, 0.1) is 13.8 Å². The Hall–Kier alpha value is -3.08.